The molecule has 0 bridgehead atoms. The molecule has 0 aromatic carbocycles. The summed E-state index contributed by atoms with van der Waals surface area (Å²) in [4.78, 5) is 11.4. The highest BCUT2D eigenvalue weighted by Crippen LogP contribution is 2.29. The zero-order chi connectivity index (χ0) is 17.6. The highest BCUT2D eigenvalue weighted by Gasteiger charge is 2.07. The number of hydrogen-bond donors (Lipinski definition) is 2. The summed E-state index contributed by atoms with van der Waals surface area (Å²) in [5.74, 6) is 0.799. The maximum Gasteiger partial charge on any atom is 0.191 e. The Bertz CT molecular complexity index is 845. The van der Waals surface area contributed by atoms with E-state index in [0.717, 1.165) is 35.3 Å². The second kappa shape index (κ2) is 8.26. The van der Waals surface area contributed by atoms with E-state index in [0.29, 0.717) is 6.54 Å². The summed E-state index contributed by atoms with van der Waals surface area (Å²) in [5.41, 5.74) is 2.20. The van der Waals surface area contributed by atoms with Crippen molar-refractivity contribution in [3.8, 4) is 10.6 Å². The molecule has 6 nitrogen and oxygen atoms in total. The Labute approximate surface area is 155 Å². The van der Waals surface area contributed by atoms with Gasteiger partial charge in [-0.05, 0) is 31.5 Å². The van der Waals surface area contributed by atoms with Crippen molar-refractivity contribution in [3.63, 3.8) is 0 Å². The van der Waals surface area contributed by atoms with Crippen LogP contribution in [-0.4, -0.2) is 34.3 Å². The summed E-state index contributed by atoms with van der Waals surface area (Å²) in [6, 6.07) is 6.33. The quantitative estimate of drug-likeness (QED) is 0.514. The minimum absolute atomic E-state index is 0.697. The summed E-state index contributed by atoms with van der Waals surface area (Å²) >= 11 is 3.50. The Morgan fingerprint density at radius 1 is 1.28 bits per heavy atom. The second-order valence-corrected chi connectivity index (χ2v) is 7.80. The molecule has 0 aliphatic heterocycles. The first-order valence-corrected chi connectivity index (χ1v) is 9.78. The van der Waals surface area contributed by atoms with E-state index in [9.17, 15) is 0 Å². The van der Waals surface area contributed by atoms with E-state index in [1.165, 1.54) is 9.75 Å². The fraction of sp³-hybridized carbons (Fsp3) is 0.353. The predicted molar refractivity (Wildman–Crippen MR) is 105 cm³/mol. The standard InChI is InChI=1S/C17H22N6S2/c1-12-22-15(11-24-12)16-5-4-14(25-16)7-8-19-17(18-2)20-10-13-6-9-21-23(13)3/h4-6,9,11H,7-8,10H2,1-3H3,(H2,18,19,20). The third kappa shape index (κ3) is 4.67. The fourth-order valence-corrected chi connectivity index (χ4v) is 4.06. The molecule has 0 aliphatic rings. The van der Waals surface area contributed by atoms with Gasteiger partial charge in [-0.3, -0.25) is 9.67 Å². The first-order valence-electron chi connectivity index (χ1n) is 8.08. The van der Waals surface area contributed by atoms with Crippen molar-refractivity contribution in [2.24, 2.45) is 12.0 Å². The molecule has 3 rings (SSSR count). The molecule has 3 aromatic heterocycles. The minimum Gasteiger partial charge on any atom is -0.356 e. The van der Waals surface area contributed by atoms with E-state index in [1.54, 1.807) is 35.9 Å². The van der Waals surface area contributed by atoms with Crippen LogP contribution >= 0.6 is 22.7 Å². The first-order chi connectivity index (χ1) is 12.2. The van der Waals surface area contributed by atoms with E-state index < -0.39 is 0 Å². The average molecular weight is 375 g/mol. The molecule has 0 spiro atoms. The monoisotopic (exact) mass is 374 g/mol. The first kappa shape index (κ1) is 17.6. The zero-order valence-electron chi connectivity index (χ0n) is 14.6. The van der Waals surface area contributed by atoms with E-state index in [2.05, 4.69) is 43.2 Å². The molecule has 0 saturated carbocycles. The minimum atomic E-state index is 0.697. The molecule has 0 aliphatic carbocycles. The summed E-state index contributed by atoms with van der Waals surface area (Å²) in [5, 5.41) is 14.1. The third-order valence-electron chi connectivity index (χ3n) is 3.78. The lowest BCUT2D eigenvalue weighted by molar-refractivity contribution is 0.684. The number of nitrogens with one attached hydrogen (secondary N) is 2. The molecule has 2 N–H and O–H groups in total. The zero-order valence-corrected chi connectivity index (χ0v) is 16.2. The summed E-state index contributed by atoms with van der Waals surface area (Å²) in [7, 11) is 3.72. The average Bonchev–Trinajstić information content (AvgIpc) is 3.32. The van der Waals surface area contributed by atoms with E-state index in [1.807, 2.05) is 24.7 Å². The van der Waals surface area contributed by atoms with E-state index in [4.69, 9.17) is 0 Å². The van der Waals surface area contributed by atoms with Gasteiger partial charge in [-0.25, -0.2) is 4.98 Å². The van der Waals surface area contributed by atoms with Crippen LogP contribution in [0.2, 0.25) is 0 Å². The van der Waals surface area contributed by atoms with Crippen molar-refractivity contribution in [2.45, 2.75) is 19.9 Å². The van der Waals surface area contributed by atoms with Crippen LogP contribution in [0.1, 0.15) is 15.6 Å². The number of nitrogens with zero attached hydrogens (tertiary/aromatic N) is 4. The highest BCUT2D eigenvalue weighted by atomic mass is 32.1. The number of aliphatic imine (C=N–C) groups is 1. The molecule has 25 heavy (non-hydrogen) atoms. The van der Waals surface area contributed by atoms with E-state index >= 15 is 0 Å². The van der Waals surface area contributed by atoms with Crippen molar-refractivity contribution in [2.75, 3.05) is 13.6 Å². The predicted octanol–water partition coefficient (Wildman–Crippen LogP) is 2.82. The van der Waals surface area contributed by atoms with Crippen molar-refractivity contribution < 1.29 is 0 Å². The second-order valence-electron chi connectivity index (χ2n) is 5.57. The normalized spacial score (nSPS) is 11.7. The van der Waals surface area contributed by atoms with Gasteiger partial charge in [0, 0.05) is 37.1 Å². The molecule has 0 saturated heterocycles. The Kier molecular flexibility index (Phi) is 5.83. The number of rotatable bonds is 6. The maximum absolute atomic E-state index is 4.55. The summed E-state index contributed by atoms with van der Waals surface area (Å²) < 4.78 is 1.85. The number of aryl methyl sites for hydroxylation is 2. The van der Waals surface area contributed by atoms with Crippen LogP contribution in [0.4, 0.5) is 0 Å². The topological polar surface area (TPSA) is 67.1 Å². The molecule has 0 atom stereocenters. The number of hydrogen-bond acceptors (Lipinski definition) is 5. The van der Waals surface area contributed by atoms with Crippen LogP contribution in [0.5, 0.6) is 0 Å². The van der Waals surface area contributed by atoms with E-state index in [-0.39, 0.29) is 0 Å². The Morgan fingerprint density at radius 3 is 2.84 bits per heavy atom. The lowest BCUT2D eigenvalue weighted by Crippen LogP contribution is -2.38. The summed E-state index contributed by atoms with van der Waals surface area (Å²) in [6.07, 6.45) is 2.76. The molecule has 0 fully saturated rings. The molecular formula is C17H22N6S2. The van der Waals surface area contributed by atoms with Gasteiger partial charge >= 0.3 is 0 Å². The Morgan fingerprint density at radius 2 is 2.16 bits per heavy atom. The van der Waals surface area contributed by atoms with Crippen molar-refractivity contribution in [1.29, 1.82) is 0 Å². The van der Waals surface area contributed by atoms with Crippen molar-refractivity contribution in [1.82, 2.24) is 25.4 Å². The Hall–Kier alpha value is -2.19. The lowest BCUT2D eigenvalue weighted by Gasteiger charge is -2.11. The number of thiophene rings is 1. The molecular weight excluding hydrogens is 352 g/mol. The molecule has 3 aromatic rings. The molecule has 0 amide bonds. The van der Waals surface area contributed by atoms with Gasteiger partial charge < -0.3 is 10.6 Å². The third-order valence-corrected chi connectivity index (χ3v) is 5.72. The van der Waals surface area contributed by atoms with Gasteiger partial charge in [0.25, 0.3) is 0 Å². The number of thiazole rings is 1. The fourth-order valence-electron chi connectivity index (χ4n) is 2.40. The van der Waals surface area contributed by atoms with Gasteiger partial charge in [0.15, 0.2) is 5.96 Å². The largest absolute Gasteiger partial charge is 0.356 e. The van der Waals surface area contributed by atoms with Gasteiger partial charge in [-0.15, -0.1) is 22.7 Å². The smallest absolute Gasteiger partial charge is 0.191 e. The van der Waals surface area contributed by atoms with Crippen LogP contribution in [0.3, 0.4) is 0 Å². The van der Waals surface area contributed by atoms with Gasteiger partial charge in [0.1, 0.15) is 0 Å². The van der Waals surface area contributed by atoms with Gasteiger partial charge in [-0.2, -0.15) is 5.10 Å². The molecule has 3 heterocycles. The van der Waals surface area contributed by atoms with Gasteiger partial charge in [0.2, 0.25) is 0 Å². The SMILES string of the molecule is CN=C(NCCc1ccc(-c2csc(C)n2)s1)NCc1ccnn1C. The van der Waals surface area contributed by atoms with Crippen LogP contribution in [0.15, 0.2) is 34.8 Å². The molecule has 8 heteroatoms. The Balaban J connectivity index is 1.47. The van der Waals surface area contributed by atoms with Crippen molar-refractivity contribution in [3.05, 3.63) is 45.4 Å². The highest BCUT2D eigenvalue weighted by molar-refractivity contribution is 7.16. The molecule has 132 valence electrons. The van der Waals surface area contributed by atoms with Crippen LogP contribution in [0, 0.1) is 6.92 Å². The van der Waals surface area contributed by atoms with Crippen molar-refractivity contribution >= 4 is 28.6 Å². The number of aromatic nitrogens is 3. The van der Waals surface area contributed by atoms with Gasteiger partial charge in [-0.1, -0.05) is 0 Å². The number of guanidine groups is 1. The van der Waals surface area contributed by atoms with Crippen LogP contribution in [-0.2, 0) is 20.0 Å². The van der Waals surface area contributed by atoms with Gasteiger partial charge in [0.05, 0.1) is 27.8 Å². The van der Waals surface area contributed by atoms with Crippen LogP contribution < -0.4 is 10.6 Å². The lowest BCUT2D eigenvalue weighted by atomic mass is 10.3. The molecule has 0 radical (unpaired) electrons. The summed E-state index contributed by atoms with van der Waals surface area (Å²) in [6.45, 7) is 3.57. The van der Waals surface area contributed by atoms with Crippen LogP contribution in [0.25, 0.3) is 10.6 Å². The maximum atomic E-state index is 4.55. The molecule has 0 unspecified atom stereocenters.